The fourth-order valence-corrected chi connectivity index (χ4v) is 11.9. The topological polar surface area (TPSA) is 129 Å². The van der Waals surface area contributed by atoms with Crippen molar-refractivity contribution in [1.29, 1.82) is 5.26 Å². The minimum Gasteiger partial charge on any atom is -0.495 e. The largest absolute Gasteiger partial charge is 0.495 e. The number of carbonyl (C=O) groups is 4. The van der Waals surface area contributed by atoms with Crippen LogP contribution in [0.4, 0.5) is 0 Å². The number of hydrogen-bond donors (Lipinski definition) is 2. The number of hydrogen-bond acceptors (Lipinski definition) is 11. The molecule has 0 spiro atoms. The van der Waals surface area contributed by atoms with Gasteiger partial charge in [-0.3, -0.25) is 19.2 Å². The van der Waals surface area contributed by atoms with Gasteiger partial charge in [0.1, 0.15) is 27.0 Å². The van der Waals surface area contributed by atoms with Crippen LogP contribution in [0, 0.1) is 85.4 Å². The average Bonchev–Trinajstić information content (AvgIpc) is 4.05. The molecule has 5 fully saturated rings. The number of nitrogens with zero attached hydrogens (tertiary/aromatic N) is 2. The molecular weight excluding hydrogens is 1180 g/mol. The van der Waals surface area contributed by atoms with Crippen LogP contribution in [0.15, 0.2) is 87.1 Å². The molecule has 442 valence electrons. The van der Waals surface area contributed by atoms with Crippen LogP contribution in [0.5, 0.6) is 5.75 Å². The highest BCUT2D eigenvalue weighted by atomic mass is 79.9. The van der Waals surface area contributed by atoms with E-state index in [0.717, 1.165) is 61.7 Å². The molecule has 3 aliphatic carbocycles. The normalized spacial score (nSPS) is 16.5. The lowest BCUT2D eigenvalue weighted by Gasteiger charge is -2.15. The summed E-state index contributed by atoms with van der Waals surface area (Å²) in [4.78, 5) is 48.1. The van der Waals surface area contributed by atoms with Gasteiger partial charge in [-0.15, -0.1) is 0 Å². The van der Waals surface area contributed by atoms with Crippen molar-refractivity contribution in [3.8, 4) is 47.3 Å². The van der Waals surface area contributed by atoms with E-state index in [0.29, 0.717) is 47.3 Å². The first-order chi connectivity index (χ1) is 40.6. The Morgan fingerprint density at radius 2 is 0.917 bits per heavy atom. The average molecular weight is 1270 g/mol. The number of halogens is 1. The molecule has 2 saturated heterocycles. The molecule has 0 aromatic heterocycles. The summed E-state index contributed by atoms with van der Waals surface area (Å²) in [6.07, 6.45) is 24.5. The number of rotatable bonds is 8. The number of nitriles is 1. The molecule has 0 atom stereocenters. The Morgan fingerprint density at radius 1 is 0.571 bits per heavy atom. The lowest BCUT2D eigenvalue weighted by atomic mass is 9.89. The van der Waals surface area contributed by atoms with Gasteiger partial charge < -0.3 is 20.3 Å². The number of amides is 2. The summed E-state index contributed by atoms with van der Waals surface area (Å²) in [5.41, 5.74) is 9.72. The number of nitrogens with one attached hydrogen (secondary N) is 2. The molecule has 2 amide bonds. The second-order valence-corrected chi connectivity index (χ2v) is 25.0. The molecule has 84 heavy (non-hydrogen) atoms. The highest BCUT2D eigenvalue weighted by molar-refractivity contribution is 9.10. The van der Waals surface area contributed by atoms with Gasteiger partial charge >= 0.3 is 0 Å². The predicted octanol–water partition coefficient (Wildman–Crippen LogP) is 16.7. The van der Waals surface area contributed by atoms with Crippen LogP contribution < -0.4 is 15.4 Å². The van der Waals surface area contributed by atoms with Gasteiger partial charge in [0.05, 0.1) is 28.6 Å². The number of methoxy groups -OCH3 is 1. The summed E-state index contributed by atoms with van der Waals surface area (Å²) < 4.78 is 7.42. The van der Waals surface area contributed by atoms with Crippen LogP contribution in [0.3, 0.4) is 0 Å². The molecule has 0 unspecified atom stereocenters. The molecule has 4 aromatic carbocycles. The molecule has 4 aromatic rings. The zero-order chi connectivity index (χ0) is 61.2. The molecular formula is C70H81BrN4O5S4. The highest BCUT2D eigenvalue weighted by Crippen LogP contribution is 2.30. The standard InChI is InChI=1S/C19H19NO2S2.C19H19NOS2.C16H18O.C8H7BrO.C6H15N.C2H3N/c1-22-16-10-8-14(12-17-18(21)20-19(23)24-17)11-15(16)9-7-13-5-3-2-4-6-13;1-13-7-8-15(12-17-18(21)20-19(22)23-17)11-16(13)10-9-14-5-3-2-4-6-14;1-13-7-8-15(12-17)11-16(13)10-9-14-5-3-2-4-6-14;1-6-2-3-7(5-10)4-8(6)9;1-4-7(5-2)6-3;1-2-3/h8,10-13H,2-6H2,1H3,(H,20,21,23);7-8,11-12,14H,2-6H2,1H3,(H,20,21,22);7-8,11-12,14H,2-6H2,1H3;2-5H,1H3;4-6H2,1-3H3;1H3/b2*17-12-;;;;. The third-order valence-corrected chi connectivity index (χ3v) is 17.7. The second-order valence-electron chi connectivity index (χ2n) is 20.7. The van der Waals surface area contributed by atoms with Crippen molar-refractivity contribution in [1.82, 2.24) is 15.5 Å². The van der Waals surface area contributed by atoms with Crippen molar-refractivity contribution in [2.24, 2.45) is 17.8 Å². The number of thiocarbonyl (C=S) groups is 2. The number of ether oxygens (including phenoxy) is 1. The van der Waals surface area contributed by atoms with Gasteiger partial charge in [-0.2, -0.15) is 5.26 Å². The maximum absolute atomic E-state index is 11.8. The van der Waals surface area contributed by atoms with E-state index < -0.39 is 0 Å². The summed E-state index contributed by atoms with van der Waals surface area (Å²) in [5, 5.41) is 12.6. The Labute approximate surface area is 529 Å². The van der Waals surface area contributed by atoms with Crippen LogP contribution in [-0.4, -0.2) is 64.7 Å². The van der Waals surface area contributed by atoms with Gasteiger partial charge in [0, 0.05) is 51.4 Å². The zero-order valence-corrected chi connectivity index (χ0v) is 55.0. The van der Waals surface area contributed by atoms with Gasteiger partial charge in [0.2, 0.25) is 0 Å². The maximum Gasteiger partial charge on any atom is 0.263 e. The highest BCUT2D eigenvalue weighted by Gasteiger charge is 2.23. The molecule has 0 bridgehead atoms. The van der Waals surface area contributed by atoms with Gasteiger partial charge in [0.25, 0.3) is 11.8 Å². The Morgan fingerprint density at radius 3 is 1.26 bits per heavy atom. The summed E-state index contributed by atoms with van der Waals surface area (Å²) in [5.74, 6) is 22.2. The van der Waals surface area contributed by atoms with E-state index in [2.05, 4.69) is 107 Å². The first-order valence-electron chi connectivity index (χ1n) is 29.2. The number of carbonyl (C=O) groups excluding carboxylic acids is 4. The van der Waals surface area contributed by atoms with Crippen molar-refractivity contribution in [3.05, 3.63) is 143 Å². The SMILES string of the molecule is CC#N.CCN(CC)CC.COc1ccc(/C=C2\SC(=S)NC2=O)cc1C#CC1CCCCC1.Cc1ccc(/C=C2\SC(=S)NC2=O)cc1C#CC1CCCCC1.Cc1ccc(C=O)cc1Br.Cc1ccc(C=O)cc1C#CC1CCCCC1. The molecule has 2 heterocycles. The van der Waals surface area contributed by atoms with Crippen molar-refractivity contribution in [2.75, 3.05) is 26.7 Å². The van der Waals surface area contributed by atoms with E-state index in [1.165, 1.54) is 152 Å². The molecule has 2 N–H and O–H groups in total. The van der Waals surface area contributed by atoms with Gasteiger partial charge in [-0.1, -0.05) is 220 Å². The Balaban J connectivity index is 0.000000235. The third kappa shape index (κ3) is 25.6. The Hall–Kier alpha value is -6.07. The van der Waals surface area contributed by atoms with E-state index in [4.69, 9.17) is 34.4 Å². The predicted molar refractivity (Wildman–Crippen MR) is 363 cm³/mol. The molecule has 9 nitrogen and oxygen atoms in total. The first kappa shape index (κ1) is 70.4. The Bertz CT molecular complexity index is 3190. The lowest BCUT2D eigenvalue weighted by molar-refractivity contribution is -0.116. The van der Waals surface area contributed by atoms with E-state index in [9.17, 15) is 19.2 Å². The van der Waals surface area contributed by atoms with Crippen LogP contribution >= 0.6 is 63.9 Å². The smallest absolute Gasteiger partial charge is 0.263 e. The van der Waals surface area contributed by atoms with Crippen molar-refractivity contribution in [3.63, 3.8) is 0 Å². The Kier molecular flexibility index (Phi) is 33.1. The minimum absolute atomic E-state index is 0.115. The van der Waals surface area contributed by atoms with Gasteiger partial charge in [-0.25, -0.2) is 0 Å². The van der Waals surface area contributed by atoms with Crippen LogP contribution in [0.25, 0.3) is 12.2 Å². The monoisotopic (exact) mass is 1260 g/mol. The third-order valence-electron chi connectivity index (χ3n) is 14.5. The van der Waals surface area contributed by atoms with Crippen LogP contribution in [0.2, 0.25) is 0 Å². The van der Waals surface area contributed by atoms with Crippen molar-refractivity contribution < 1.29 is 23.9 Å². The molecule has 2 aliphatic heterocycles. The van der Waals surface area contributed by atoms with E-state index in [-0.39, 0.29) is 11.8 Å². The first-order valence-corrected chi connectivity index (χ1v) is 32.4. The summed E-state index contributed by atoms with van der Waals surface area (Å²) in [6, 6.07) is 24.9. The quantitative estimate of drug-likeness (QED) is 0.0757. The minimum atomic E-state index is -0.143. The summed E-state index contributed by atoms with van der Waals surface area (Å²) in [6.45, 7) is 17.7. The van der Waals surface area contributed by atoms with E-state index in [1.807, 2.05) is 80.6 Å². The molecule has 0 radical (unpaired) electrons. The second kappa shape index (κ2) is 39.5. The van der Waals surface area contributed by atoms with Crippen LogP contribution in [0.1, 0.15) is 189 Å². The number of thioether (sulfide) groups is 2. The van der Waals surface area contributed by atoms with E-state index in [1.54, 1.807) is 19.2 Å². The summed E-state index contributed by atoms with van der Waals surface area (Å²) in [7, 11) is 1.65. The van der Waals surface area contributed by atoms with Gasteiger partial charge in [-0.05, 0) is 149 Å². The fourth-order valence-electron chi connectivity index (χ4n) is 9.40. The van der Waals surface area contributed by atoms with Crippen LogP contribution in [-0.2, 0) is 9.59 Å². The molecule has 3 saturated carbocycles. The lowest BCUT2D eigenvalue weighted by Crippen LogP contribution is -2.21. The zero-order valence-electron chi connectivity index (χ0n) is 50.1. The fraction of sp³-hybridized carbons (Fsp3) is 0.414. The maximum atomic E-state index is 11.8. The number of aldehydes is 2. The van der Waals surface area contributed by atoms with E-state index >= 15 is 0 Å². The number of aryl methyl sites for hydroxylation is 3. The van der Waals surface area contributed by atoms with Gasteiger partial charge in [0.15, 0.2) is 0 Å². The van der Waals surface area contributed by atoms with Crippen molar-refractivity contribution in [2.45, 2.75) is 145 Å². The molecule has 9 rings (SSSR count). The molecule has 14 heteroatoms. The summed E-state index contributed by atoms with van der Waals surface area (Å²) >= 11 is 16.0. The molecule has 5 aliphatic rings. The number of benzene rings is 4. The van der Waals surface area contributed by atoms with Crippen molar-refractivity contribution >= 4 is 109 Å².